The summed E-state index contributed by atoms with van der Waals surface area (Å²) in [6.45, 7) is 3.21. The molecule has 0 bridgehead atoms. The molecule has 0 aliphatic carbocycles. The number of nitrogens with zero attached hydrogens (tertiary/aromatic N) is 4. The highest BCUT2D eigenvalue weighted by molar-refractivity contribution is 6.11. The van der Waals surface area contributed by atoms with E-state index in [4.69, 9.17) is 14.5 Å². The van der Waals surface area contributed by atoms with Gasteiger partial charge in [0.2, 0.25) is 0 Å². The molecule has 8 heteroatoms. The highest BCUT2D eigenvalue weighted by atomic mass is 16.5. The van der Waals surface area contributed by atoms with E-state index in [-0.39, 0.29) is 0 Å². The molecule has 2 N–H and O–H groups in total. The van der Waals surface area contributed by atoms with Crippen LogP contribution >= 0.6 is 0 Å². The van der Waals surface area contributed by atoms with Crippen LogP contribution in [-0.2, 0) is 4.74 Å². The number of aromatic amines is 1. The number of rotatable bonds is 4. The number of nitrogens with one attached hydrogen (secondary N) is 2. The SMILES string of the molecule is COc1cccc2nc(Nc3ccc(N4CCOCC4)nc3)c3[nH]ncc3c12. The first-order chi connectivity index (χ1) is 13.8. The first-order valence-corrected chi connectivity index (χ1v) is 9.19. The average Bonchev–Trinajstić information content (AvgIpc) is 3.25. The van der Waals surface area contributed by atoms with Crippen LogP contribution in [0.25, 0.3) is 21.8 Å². The maximum atomic E-state index is 5.51. The van der Waals surface area contributed by atoms with E-state index in [0.29, 0.717) is 5.82 Å². The van der Waals surface area contributed by atoms with Crippen molar-refractivity contribution in [1.82, 2.24) is 20.2 Å². The lowest BCUT2D eigenvalue weighted by Crippen LogP contribution is -2.36. The molecular weight excluding hydrogens is 356 g/mol. The number of benzene rings is 1. The molecule has 1 saturated heterocycles. The van der Waals surface area contributed by atoms with Crippen molar-refractivity contribution in [2.75, 3.05) is 43.6 Å². The number of ether oxygens (including phenoxy) is 2. The first-order valence-electron chi connectivity index (χ1n) is 9.19. The number of morpholine rings is 1. The normalized spacial score (nSPS) is 14.5. The zero-order valence-corrected chi connectivity index (χ0v) is 15.5. The minimum Gasteiger partial charge on any atom is -0.496 e. The van der Waals surface area contributed by atoms with E-state index in [1.54, 1.807) is 13.3 Å². The molecule has 4 heterocycles. The zero-order chi connectivity index (χ0) is 18.9. The highest BCUT2D eigenvalue weighted by Crippen LogP contribution is 2.34. The molecule has 0 saturated carbocycles. The van der Waals surface area contributed by atoms with Crippen LogP contribution in [-0.4, -0.2) is 53.6 Å². The lowest BCUT2D eigenvalue weighted by atomic mass is 10.1. The van der Waals surface area contributed by atoms with Gasteiger partial charge in [-0.25, -0.2) is 9.97 Å². The van der Waals surface area contributed by atoms with Crippen LogP contribution in [0.3, 0.4) is 0 Å². The van der Waals surface area contributed by atoms with Gasteiger partial charge in [-0.3, -0.25) is 5.10 Å². The molecule has 0 radical (unpaired) electrons. The molecule has 1 fully saturated rings. The van der Waals surface area contributed by atoms with Crippen LogP contribution < -0.4 is 15.0 Å². The van der Waals surface area contributed by atoms with E-state index in [0.717, 1.165) is 65.4 Å². The van der Waals surface area contributed by atoms with Gasteiger partial charge in [-0.05, 0) is 24.3 Å². The number of pyridine rings is 2. The van der Waals surface area contributed by atoms with Gasteiger partial charge in [0, 0.05) is 18.5 Å². The smallest absolute Gasteiger partial charge is 0.157 e. The van der Waals surface area contributed by atoms with Crippen LogP contribution in [0.2, 0.25) is 0 Å². The van der Waals surface area contributed by atoms with Crippen molar-refractivity contribution in [2.45, 2.75) is 0 Å². The fourth-order valence-corrected chi connectivity index (χ4v) is 3.55. The van der Waals surface area contributed by atoms with Crippen molar-refractivity contribution in [3.8, 4) is 5.75 Å². The van der Waals surface area contributed by atoms with Gasteiger partial charge in [-0.15, -0.1) is 0 Å². The van der Waals surface area contributed by atoms with Crippen LogP contribution in [0, 0.1) is 0 Å². The van der Waals surface area contributed by atoms with E-state index in [1.807, 2.05) is 36.5 Å². The molecule has 8 nitrogen and oxygen atoms in total. The Balaban J connectivity index is 1.50. The van der Waals surface area contributed by atoms with E-state index in [9.17, 15) is 0 Å². The van der Waals surface area contributed by atoms with Gasteiger partial charge in [-0.2, -0.15) is 5.10 Å². The maximum absolute atomic E-state index is 5.51. The highest BCUT2D eigenvalue weighted by Gasteiger charge is 2.15. The molecule has 1 aliphatic rings. The van der Waals surface area contributed by atoms with Crippen LogP contribution in [0.5, 0.6) is 5.75 Å². The van der Waals surface area contributed by atoms with E-state index in [2.05, 4.69) is 25.4 Å². The summed E-state index contributed by atoms with van der Waals surface area (Å²) in [5.74, 6) is 2.44. The number of hydrogen-bond donors (Lipinski definition) is 2. The molecule has 0 atom stereocenters. The second-order valence-corrected chi connectivity index (χ2v) is 6.60. The predicted octanol–water partition coefficient (Wildman–Crippen LogP) is 3.09. The zero-order valence-electron chi connectivity index (χ0n) is 15.5. The Morgan fingerprint density at radius 2 is 2.04 bits per heavy atom. The summed E-state index contributed by atoms with van der Waals surface area (Å²) in [6.07, 6.45) is 3.62. The Kier molecular flexibility index (Phi) is 4.17. The summed E-state index contributed by atoms with van der Waals surface area (Å²) in [5, 5.41) is 12.5. The summed E-state index contributed by atoms with van der Waals surface area (Å²) in [4.78, 5) is 11.6. The van der Waals surface area contributed by atoms with Gasteiger partial charge in [0.1, 0.15) is 17.1 Å². The summed E-state index contributed by atoms with van der Waals surface area (Å²) in [7, 11) is 1.66. The Bertz CT molecular complexity index is 1120. The topological polar surface area (TPSA) is 88.2 Å². The third-order valence-electron chi connectivity index (χ3n) is 4.95. The molecular formula is C20H20N6O2. The van der Waals surface area contributed by atoms with Crippen LogP contribution in [0.4, 0.5) is 17.3 Å². The van der Waals surface area contributed by atoms with E-state index >= 15 is 0 Å². The minimum atomic E-state index is 0.703. The van der Waals surface area contributed by atoms with Gasteiger partial charge in [-0.1, -0.05) is 6.07 Å². The minimum absolute atomic E-state index is 0.703. The summed E-state index contributed by atoms with van der Waals surface area (Å²) in [6, 6.07) is 9.86. The van der Waals surface area contributed by atoms with Crippen LogP contribution in [0.15, 0.2) is 42.7 Å². The van der Waals surface area contributed by atoms with Gasteiger partial charge >= 0.3 is 0 Å². The molecule has 1 aliphatic heterocycles. The molecule has 3 aromatic heterocycles. The number of methoxy groups -OCH3 is 1. The second-order valence-electron chi connectivity index (χ2n) is 6.60. The molecule has 0 spiro atoms. The first kappa shape index (κ1) is 16.8. The number of anilines is 3. The van der Waals surface area contributed by atoms with Crippen LogP contribution in [0.1, 0.15) is 0 Å². The number of aromatic nitrogens is 4. The van der Waals surface area contributed by atoms with Crippen molar-refractivity contribution >= 4 is 39.1 Å². The molecule has 142 valence electrons. The fourth-order valence-electron chi connectivity index (χ4n) is 3.55. The van der Waals surface area contributed by atoms with Gasteiger partial charge in [0.15, 0.2) is 5.82 Å². The van der Waals surface area contributed by atoms with Gasteiger partial charge in [0.25, 0.3) is 0 Å². The summed E-state index contributed by atoms with van der Waals surface area (Å²) >= 11 is 0. The summed E-state index contributed by atoms with van der Waals surface area (Å²) < 4.78 is 10.9. The molecule has 5 rings (SSSR count). The summed E-state index contributed by atoms with van der Waals surface area (Å²) in [5.41, 5.74) is 2.53. The third-order valence-corrected chi connectivity index (χ3v) is 4.95. The second kappa shape index (κ2) is 6.97. The number of H-pyrrole nitrogens is 1. The Labute approximate surface area is 161 Å². The molecule has 0 amide bonds. The Hall–Kier alpha value is -3.39. The van der Waals surface area contributed by atoms with Crippen molar-refractivity contribution in [2.24, 2.45) is 0 Å². The quantitative estimate of drug-likeness (QED) is 0.566. The van der Waals surface area contributed by atoms with Crippen molar-refractivity contribution < 1.29 is 9.47 Å². The lowest BCUT2D eigenvalue weighted by Gasteiger charge is -2.27. The van der Waals surface area contributed by atoms with E-state index in [1.165, 1.54) is 0 Å². The number of hydrogen-bond acceptors (Lipinski definition) is 7. The molecule has 28 heavy (non-hydrogen) atoms. The van der Waals surface area contributed by atoms with Gasteiger partial charge < -0.3 is 19.7 Å². The monoisotopic (exact) mass is 376 g/mol. The molecule has 0 unspecified atom stereocenters. The van der Waals surface area contributed by atoms with Gasteiger partial charge in [0.05, 0.1) is 49.3 Å². The van der Waals surface area contributed by atoms with E-state index < -0.39 is 0 Å². The van der Waals surface area contributed by atoms with Crippen molar-refractivity contribution in [1.29, 1.82) is 0 Å². The Morgan fingerprint density at radius 3 is 2.82 bits per heavy atom. The standard InChI is InChI=1S/C20H20N6O2/c1-27-16-4-2-3-15-18(16)14-12-22-25-19(14)20(24-15)23-13-5-6-17(21-11-13)26-7-9-28-10-8-26/h2-6,11-12H,7-10H2,1H3,(H,22,25)(H,23,24). The molecule has 4 aromatic rings. The number of fused-ring (bicyclic) bond motifs is 3. The largest absolute Gasteiger partial charge is 0.496 e. The Morgan fingerprint density at radius 1 is 1.14 bits per heavy atom. The molecule has 1 aromatic carbocycles. The predicted molar refractivity (Wildman–Crippen MR) is 108 cm³/mol. The lowest BCUT2D eigenvalue weighted by molar-refractivity contribution is 0.122. The van der Waals surface area contributed by atoms with Crippen molar-refractivity contribution in [3.05, 3.63) is 42.7 Å². The fraction of sp³-hybridized carbons (Fsp3) is 0.250. The third kappa shape index (κ3) is 2.87. The van der Waals surface area contributed by atoms with Crippen molar-refractivity contribution in [3.63, 3.8) is 0 Å². The average molecular weight is 376 g/mol. The maximum Gasteiger partial charge on any atom is 0.157 e.